The first-order chi connectivity index (χ1) is 13.8. The summed E-state index contributed by atoms with van der Waals surface area (Å²) in [5, 5.41) is 10.0. The minimum atomic E-state index is 0.498. The highest BCUT2D eigenvalue weighted by atomic mass is 16.5. The van der Waals surface area contributed by atoms with E-state index in [4.69, 9.17) is 15.2 Å². The van der Waals surface area contributed by atoms with E-state index >= 15 is 0 Å². The zero-order valence-corrected chi connectivity index (χ0v) is 16.8. The van der Waals surface area contributed by atoms with Gasteiger partial charge in [-0.15, -0.1) is 0 Å². The fourth-order valence-electron chi connectivity index (χ4n) is 3.28. The van der Waals surface area contributed by atoms with Crippen LogP contribution in [0.5, 0.6) is 0 Å². The van der Waals surface area contributed by atoms with Gasteiger partial charge in [-0.05, 0) is 31.6 Å². The first-order valence-corrected chi connectivity index (χ1v) is 10.7. The molecule has 3 rings (SSSR count). The monoisotopic (exact) mass is 393 g/mol. The van der Waals surface area contributed by atoms with E-state index in [1.165, 1.54) is 44.9 Å². The summed E-state index contributed by atoms with van der Waals surface area (Å²) in [5.41, 5.74) is 5.37. The Balaban J connectivity index is 1.43. The van der Waals surface area contributed by atoms with E-state index in [0.717, 1.165) is 12.5 Å². The average Bonchev–Trinajstić information content (AvgIpc) is 3.53. The molecular formula is C19H35N7O2. The summed E-state index contributed by atoms with van der Waals surface area (Å²) >= 11 is 0. The molecule has 0 atom stereocenters. The van der Waals surface area contributed by atoms with Crippen LogP contribution in [0.4, 0.5) is 17.8 Å². The molecule has 0 saturated heterocycles. The Morgan fingerprint density at radius 1 is 0.786 bits per heavy atom. The van der Waals surface area contributed by atoms with E-state index in [1.807, 2.05) is 0 Å². The van der Waals surface area contributed by atoms with Crippen LogP contribution in [0, 0.1) is 5.92 Å². The van der Waals surface area contributed by atoms with Crippen molar-refractivity contribution in [3.05, 3.63) is 0 Å². The summed E-state index contributed by atoms with van der Waals surface area (Å²) in [6.07, 6.45) is 8.99. The third-order valence-electron chi connectivity index (χ3n) is 4.98. The predicted octanol–water partition coefficient (Wildman–Crippen LogP) is 1.84. The molecule has 0 radical (unpaired) electrons. The number of ether oxygens (including phenoxy) is 2. The van der Waals surface area contributed by atoms with Crippen LogP contribution in [0.3, 0.4) is 0 Å². The molecule has 0 spiro atoms. The molecule has 1 heterocycles. The molecule has 9 nitrogen and oxygen atoms in total. The molecule has 2 aliphatic rings. The molecule has 28 heavy (non-hydrogen) atoms. The lowest BCUT2D eigenvalue weighted by atomic mass is 9.89. The average molecular weight is 394 g/mol. The number of nitrogens with one attached hydrogen (secondary N) is 3. The van der Waals surface area contributed by atoms with Crippen LogP contribution < -0.4 is 21.7 Å². The quantitative estimate of drug-likeness (QED) is 0.351. The second-order valence-corrected chi connectivity index (χ2v) is 7.55. The Morgan fingerprint density at radius 3 is 2.18 bits per heavy atom. The molecule has 158 valence electrons. The van der Waals surface area contributed by atoms with Gasteiger partial charge in [-0.2, -0.15) is 15.0 Å². The first-order valence-electron chi connectivity index (χ1n) is 10.7. The predicted molar refractivity (Wildman–Crippen MR) is 111 cm³/mol. The fraction of sp³-hybridized carbons (Fsp3) is 0.842. The maximum atomic E-state index is 5.53. The number of nitrogens with two attached hydrogens (primary N) is 1. The Kier molecular flexibility index (Phi) is 8.99. The van der Waals surface area contributed by atoms with E-state index in [0.29, 0.717) is 63.4 Å². The Hall–Kier alpha value is -1.71. The van der Waals surface area contributed by atoms with E-state index in [-0.39, 0.29) is 0 Å². The standard InChI is InChI=1S/C19H35N7O2/c20-8-10-27-12-13-28-11-9-21-17-24-18(22-14-15-4-2-1-3-5-15)26-19(25-17)23-16-6-7-16/h15-16H,1-14,20H2,(H3,21,22,23,24,25,26). The van der Waals surface area contributed by atoms with Crippen molar-refractivity contribution >= 4 is 17.8 Å². The minimum Gasteiger partial charge on any atom is -0.378 e. The van der Waals surface area contributed by atoms with Crippen molar-refractivity contribution in [3.63, 3.8) is 0 Å². The molecular weight excluding hydrogens is 358 g/mol. The largest absolute Gasteiger partial charge is 0.378 e. The second kappa shape index (κ2) is 12.0. The van der Waals surface area contributed by atoms with Gasteiger partial charge >= 0.3 is 0 Å². The van der Waals surface area contributed by atoms with Crippen molar-refractivity contribution in [3.8, 4) is 0 Å². The summed E-state index contributed by atoms with van der Waals surface area (Å²) in [5.74, 6) is 2.58. The number of hydrogen-bond donors (Lipinski definition) is 4. The summed E-state index contributed by atoms with van der Waals surface area (Å²) in [6.45, 7) is 4.35. The van der Waals surface area contributed by atoms with Crippen molar-refractivity contribution in [2.24, 2.45) is 11.7 Å². The Morgan fingerprint density at radius 2 is 1.46 bits per heavy atom. The normalized spacial score (nSPS) is 17.5. The lowest BCUT2D eigenvalue weighted by molar-refractivity contribution is 0.0547. The van der Waals surface area contributed by atoms with Gasteiger partial charge in [-0.1, -0.05) is 19.3 Å². The molecule has 5 N–H and O–H groups in total. The lowest BCUT2D eigenvalue weighted by Gasteiger charge is -2.21. The van der Waals surface area contributed by atoms with E-state index in [1.54, 1.807) is 0 Å². The highest BCUT2D eigenvalue weighted by molar-refractivity contribution is 5.43. The molecule has 2 fully saturated rings. The number of aromatic nitrogens is 3. The zero-order chi connectivity index (χ0) is 19.4. The van der Waals surface area contributed by atoms with Gasteiger partial charge in [0.1, 0.15) is 0 Å². The van der Waals surface area contributed by atoms with Crippen LogP contribution in [-0.4, -0.2) is 67.1 Å². The maximum Gasteiger partial charge on any atom is 0.229 e. The molecule has 1 aromatic rings. The third-order valence-corrected chi connectivity index (χ3v) is 4.98. The van der Waals surface area contributed by atoms with Crippen LogP contribution in [0.25, 0.3) is 0 Å². The third kappa shape index (κ3) is 8.12. The highest BCUT2D eigenvalue weighted by Gasteiger charge is 2.22. The minimum absolute atomic E-state index is 0.498. The Bertz CT molecular complexity index is 565. The highest BCUT2D eigenvalue weighted by Crippen LogP contribution is 2.25. The molecule has 1 aromatic heterocycles. The number of anilines is 3. The van der Waals surface area contributed by atoms with Crippen LogP contribution in [0.2, 0.25) is 0 Å². The van der Waals surface area contributed by atoms with E-state index in [2.05, 4.69) is 30.9 Å². The summed E-state index contributed by atoms with van der Waals surface area (Å²) in [4.78, 5) is 13.6. The summed E-state index contributed by atoms with van der Waals surface area (Å²) in [6, 6.07) is 0.498. The van der Waals surface area contributed by atoms with Gasteiger partial charge in [0.25, 0.3) is 0 Å². The molecule has 0 aromatic carbocycles. The molecule has 0 unspecified atom stereocenters. The first kappa shape index (κ1) is 21.0. The summed E-state index contributed by atoms with van der Waals surface area (Å²) in [7, 11) is 0. The number of nitrogens with zero attached hydrogens (tertiary/aromatic N) is 3. The van der Waals surface area contributed by atoms with Crippen molar-refractivity contribution in [2.45, 2.75) is 51.0 Å². The lowest BCUT2D eigenvalue weighted by Crippen LogP contribution is -2.20. The van der Waals surface area contributed by atoms with Crippen LogP contribution in [-0.2, 0) is 9.47 Å². The van der Waals surface area contributed by atoms with Gasteiger partial charge in [0.05, 0.1) is 26.4 Å². The molecule has 0 bridgehead atoms. The van der Waals surface area contributed by atoms with E-state index < -0.39 is 0 Å². The smallest absolute Gasteiger partial charge is 0.229 e. The Labute approximate surface area is 167 Å². The molecule has 9 heteroatoms. The fourth-order valence-corrected chi connectivity index (χ4v) is 3.28. The second-order valence-electron chi connectivity index (χ2n) is 7.55. The van der Waals surface area contributed by atoms with Crippen molar-refractivity contribution in [1.82, 2.24) is 15.0 Å². The zero-order valence-electron chi connectivity index (χ0n) is 16.8. The molecule has 0 amide bonds. The SMILES string of the molecule is NCCOCCOCCNc1nc(NCC2CCCCC2)nc(NC2CC2)n1. The van der Waals surface area contributed by atoms with Gasteiger partial charge in [-0.3, -0.25) is 0 Å². The van der Waals surface area contributed by atoms with Gasteiger partial charge < -0.3 is 31.2 Å². The molecule has 0 aliphatic heterocycles. The summed E-state index contributed by atoms with van der Waals surface area (Å²) < 4.78 is 10.8. The number of rotatable bonds is 14. The molecule has 2 saturated carbocycles. The van der Waals surface area contributed by atoms with Crippen LogP contribution >= 0.6 is 0 Å². The topological polar surface area (TPSA) is 119 Å². The maximum absolute atomic E-state index is 5.53. The van der Waals surface area contributed by atoms with Gasteiger partial charge in [0.15, 0.2) is 0 Å². The van der Waals surface area contributed by atoms with Crippen LogP contribution in [0.1, 0.15) is 44.9 Å². The van der Waals surface area contributed by atoms with Gasteiger partial charge in [-0.25, -0.2) is 0 Å². The molecule has 2 aliphatic carbocycles. The van der Waals surface area contributed by atoms with Crippen LogP contribution in [0.15, 0.2) is 0 Å². The number of hydrogen-bond acceptors (Lipinski definition) is 9. The van der Waals surface area contributed by atoms with Crippen molar-refractivity contribution in [1.29, 1.82) is 0 Å². The van der Waals surface area contributed by atoms with Gasteiger partial charge in [0, 0.05) is 25.7 Å². The van der Waals surface area contributed by atoms with Crippen molar-refractivity contribution < 1.29 is 9.47 Å². The van der Waals surface area contributed by atoms with Gasteiger partial charge in [0.2, 0.25) is 17.8 Å². The van der Waals surface area contributed by atoms with E-state index in [9.17, 15) is 0 Å². The van der Waals surface area contributed by atoms with Crippen molar-refractivity contribution in [2.75, 3.05) is 62.0 Å².